The van der Waals surface area contributed by atoms with Gasteiger partial charge in [0.05, 0.1) is 12.6 Å². The molecular formula is C22H29NO4S. The van der Waals surface area contributed by atoms with E-state index in [2.05, 4.69) is 0 Å². The van der Waals surface area contributed by atoms with Gasteiger partial charge in [-0.2, -0.15) is 0 Å². The summed E-state index contributed by atoms with van der Waals surface area (Å²) < 4.78 is 4.91. The molecule has 1 heterocycles. The van der Waals surface area contributed by atoms with Gasteiger partial charge in [-0.15, -0.1) is 0 Å². The molecule has 0 N–H and O–H groups in total. The number of ether oxygens (including phenoxy) is 1. The van der Waals surface area contributed by atoms with Crippen LogP contribution in [0.25, 0.3) is 0 Å². The van der Waals surface area contributed by atoms with Gasteiger partial charge >= 0.3 is 5.97 Å². The first-order valence-electron chi connectivity index (χ1n) is 9.94. The summed E-state index contributed by atoms with van der Waals surface area (Å²) in [6.07, 6.45) is 7.96. The van der Waals surface area contributed by atoms with Gasteiger partial charge in [-0.1, -0.05) is 61.0 Å². The van der Waals surface area contributed by atoms with Gasteiger partial charge in [0.1, 0.15) is 0 Å². The Hall–Kier alpha value is -2.08. The van der Waals surface area contributed by atoms with E-state index < -0.39 is 0 Å². The second kappa shape index (κ2) is 12.4. The van der Waals surface area contributed by atoms with E-state index in [4.69, 9.17) is 4.74 Å². The molecule has 28 heavy (non-hydrogen) atoms. The lowest BCUT2D eigenvalue weighted by molar-refractivity contribution is -0.143. The Bertz CT molecular complexity index is 674. The fourth-order valence-corrected chi connectivity index (χ4v) is 4.09. The van der Waals surface area contributed by atoms with Crippen LogP contribution >= 0.6 is 11.8 Å². The number of ketones is 1. The van der Waals surface area contributed by atoms with Crippen molar-refractivity contribution >= 4 is 28.8 Å². The first-order valence-corrected chi connectivity index (χ1v) is 10.9. The Morgan fingerprint density at radius 2 is 1.93 bits per heavy atom. The number of amides is 1. The molecule has 1 aliphatic heterocycles. The summed E-state index contributed by atoms with van der Waals surface area (Å²) in [6, 6.07) is 9.64. The van der Waals surface area contributed by atoms with Crippen LogP contribution in [0.1, 0.15) is 44.6 Å². The summed E-state index contributed by atoms with van der Waals surface area (Å²) in [5, 5.41) is 0.0803. The molecule has 1 aromatic carbocycles. The average Bonchev–Trinajstić information content (AvgIpc) is 3.03. The number of esters is 1. The number of rotatable bonds is 12. The van der Waals surface area contributed by atoms with Crippen molar-refractivity contribution in [2.75, 3.05) is 18.9 Å². The van der Waals surface area contributed by atoms with Crippen LogP contribution in [-0.4, -0.2) is 46.8 Å². The minimum Gasteiger partial charge on any atom is -0.466 e. The summed E-state index contributed by atoms with van der Waals surface area (Å²) in [5.41, 5.74) is 0.994. The first kappa shape index (κ1) is 22.2. The summed E-state index contributed by atoms with van der Waals surface area (Å²) >= 11 is 1.31. The number of unbranched alkanes of at least 4 members (excludes halogenated alkanes) is 3. The number of allylic oxidation sites excluding steroid dienone is 1. The van der Waals surface area contributed by atoms with Crippen molar-refractivity contribution in [1.29, 1.82) is 0 Å². The fraction of sp³-hybridized carbons (Fsp3) is 0.500. The minimum absolute atomic E-state index is 0.0169. The number of hydrogen-bond acceptors (Lipinski definition) is 5. The van der Waals surface area contributed by atoms with Crippen LogP contribution in [0.15, 0.2) is 42.5 Å². The molecule has 1 fully saturated rings. The molecule has 6 heteroatoms. The number of hydrogen-bond donors (Lipinski definition) is 0. The highest BCUT2D eigenvalue weighted by Crippen LogP contribution is 2.25. The molecule has 0 aromatic heterocycles. The molecule has 1 amide bonds. The Labute approximate surface area is 171 Å². The Balaban J connectivity index is 1.70. The van der Waals surface area contributed by atoms with Crippen LogP contribution < -0.4 is 0 Å². The highest BCUT2D eigenvalue weighted by molar-refractivity contribution is 8.13. The van der Waals surface area contributed by atoms with E-state index in [0.29, 0.717) is 31.7 Å². The summed E-state index contributed by atoms with van der Waals surface area (Å²) in [4.78, 5) is 37.4. The third-order valence-electron chi connectivity index (χ3n) is 4.57. The SMILES string of the molecule is CCOC(=O)CCCCCCN1C(=O)SC[C@@H]1C=CC(=O)Cc1ccccc1. The Morgan fingerprint density at radius 3 is 2.68 bits per heavy atom. The van der Waals surface area contributed by atoms with Crippen molar-refractivity contribution in [2.24, 2.45) is 0 Å². The number of carbonyl (C=O) groups excluding carboxylic acids is 3. The maximum Gasteiger partial charge on any atom is 0.305 e. The maximum absolute atomic E-state index is 12.2. The highest BCUT2D eigenvalue weighted by atomic mass is 32.2. The van der Waals surface area contributed by atoms with E-state index >= 15 is 0 Å². The number of nitrogens with zero attached hydrogens (tertiary/aromatic N) is 1. The Morgan fingerprint density at radius 1 is 1.18 bits per heavy atom. The summed E-state index contributed by atoms with van der Waals surface area (Å²) in [6.45, 7) is 2.92. The predicted octanol–water partition coefficient (Wildman–Crippen LogP) is 4.41. The number of thioether (sulfide) groups is 1. The summed E-state index contributed by atoms with van der Waals surface area (Å²) in [5.74, 6) is 0.602. The largest absolute Gasteiger partial charge is 0.466 e. The lowest BCUT2D eigenvalue weighted by Gasteiger charge is -2.21. The molecule has 0 unspecified atom stereocenters. The van der Waals surface area contributed by atoms with Gasteiger partial charge in [-0.25, -0.2) is 0 Å². The van der Waals surface area contributed by atoms with Crippen LogP contribution in [0.4, 0.5) is 4.79 Å². The molecule has 1 aliphatic rings. The lowest BCUT2D eigenvalue weighted by Crippen LogP contribution is -2.32. The molecule has 0 radical (unpaired) electrons. The van der Waals surface area contributed by atoms with E-state index in [-0.39, 0.29) is 23.0 Å². The monoisotopic (exact) mass is 403 g/mol. The van der Waals surface area contributed by atoms with Crippen LogP contribution in [0.5, 0.6) is 0 Å². The van der Waals surface area contributed by atoms with Crippen LogP contribution in [0.2, 0.25) is 0 Å². The molecule has 0 bridgehead atoms. The maximum atomic E-state index is 12.2. The molecule has 1 saturated heterocycles. The van der Waals surface area contributed by atoms with Gasteiger partial charge in [-0.3, -0.25) is 14.4 Å². The molecule has 0 aliphatic carbocycles. The van der Waals surface area contributed by atoms with Gasteiger partial charge < -0.3 is 9.64 Å². The normalized spacial score (nSPS) is 16.7. The van der Waals surface area contributed by atoms with Crippen LogP contribution in [-0.2, 0) is 20.7 Å². The number of carbonyl (C=O) groups is 3. The Kier molecular flexibility index (Phi) is 9.83. The average molecular weight is 404 g/mol. The van der Waals surface area contributed by atoms with Crippen molar-refractivity contribution in [2.45, 2.75) is 51.5 Å². The van der Waals surface area contributed by atoms with Crippen LogP contribution in [0, 0.1) is 0 Å². The standard InChI is InChI=1S/C22H29NO4S/c1-2-27-21(25)12-8-3-4-9-15-23-19(17-28-22(23)26)13-14-20(24)16-18-10-6-5-7-11-18/h5-7,10-11,13-14,19H,2-4,8-9,12,15-17H2,1H3/t19-/m0/s1. The predicted molar refractivity (Wildman–Crippen MR) is 112 cm³/mol. The molecule has 2 rings (SSSR count). The fourth-order valence-electron chi connectivity index (χ4n) is 3.09. The van der Waals surface area contributed by atoms with Gasteiger partial charge in [0.15, 0.2) is 5.78 Å². The third kappa shape index (κ3) is 7.89. The van der Waals surface area contributed by atoms with Crippen LogP contribution in [0.3, 0.4) is 0 Å². The van der Waals surface area contributed by atoms with Crippen molar-refractivity contribution in [3.63, 3.8) is 0 Å². The molecule has 1 atom stereocenters. The van der Waals surface area contributed by atoms with E-state index in [1.165, 1.54) is 11.8 Å². The third-order valence-corrected chi connectivity index (χ3v) is 5.56. The molecule has 1 aromatic rings. The second-order valence-electron chi connectivity index (χ2n) is 6.79. The summed E-state index contributed by atoms with van der Waals surface area (Å²) in [7, 11) is 0. The lowest BCUT2D eigenvalue weighted by atomic mass is 10.1. The molecule has 0 spiro atoms. The molecule has 152 valence electrons. The molecule has 0 saturated carbocycles. The van der Waals surface area contributed by atoms with Crippen molar-refractivity contribution in [3.8, 4) is 0 Å². The van der Waals surface area contributed by atoms with Gasteiger partial charge in [-0.05, 0) is 31.4 Å². The van der Waals surface area contributed by atoms with E-state index in [1.807, 2.05) is 48.2 Å². The van der Waals surface area contributed by atoms with Gasteiger partial charge in [0, 0.05) is 25.1 Å². The van der Waals surface area contributed by atoms with Gasteiger partial charge in [0.2, 0.25) is 0 Å². The topological polar surface area (TPSA) is 63.7 Å². The van der Waals surface area contributed by atoms with Crippen molar-refractivity contribution in [3.05, 3.63) is 48.0 Å². The zero-order valence-electron chi connectivity index (χ0n) is 16.5. The first-order chi connectivity index (χ1) is 13.6. The zero-order valence-corrected chi connectivity index (χ0v) is 17.3. The smallest absolute Gasteiger partial charge is 0.305 e. The highest BCUT2D eigenvalue weighted by Gasteiger charge is 2.29. The van der Waals surface area contributed by atoms with E-state index in [1.54, 1.807) is 6.08 Å². The molecular weight excluding hydrogens is 374 g/mol. The van der Waals surface area contributed by atoms with E-state index in [0.717, 1.165) is 31.2 Å². The quantitative estimate of drug-likeness (QED) is 0.294. The van der Waals surface area contributed by atoms with Crippen molar-refractivity contribution < 1.29 is 19.1 Å². The molecule has 5 nitrogen and oxygen atoms in total. The van der Waals surface area contributed by atoms with Gasteiger partial charge in [0.25, 0.3) is 5.24 Å². The minimum atomic E-state index is -0.140. The van der Waals surface area contributed by atoms with E-state index in [9.17, 15) is 14.4 Å². The van der Waals surface area contributed by atoms with Crippen molar-refractivity contribution in [1.82, 2.24) is 4.90 Å². The zero-order chi connectivity index (χ0) is 20.2. The second-order valence-corrected chi connectivity index (χ2v) is 7.77. The number of benzene rings is 1.